The Morgan fingerprint density at radius 3 is 2.47 bits per heavy atom. The highest BCUT2D eigenvalue weighted by molar-refractivity contribution is 5.94. The van der Waals surface area contributed by atoms with Crippen LogP contribution in [0.2, 0.25) is 0 Å². The molecule has 0 saturated heterocycles. The first-order valence-electron chi connectivity index (χ1n) is 5.67. The van der Waals surface area contributed by atoms with Gasteiger partial charge in [0.25, 0.3) is 5.91 Å². The molecular weight excluding hydrogens is 266 g/mol. The molecule has 0 spiro atoms. The molecular formula is C12H13F4NO2. The summed E-state index contributed by atoms with van der Waals surface area (Å²) in [6, 6.07) is 0.291. The zero-order valence-electron chi connectivity index (χ0n) is 10.1. The number of nitrogens with one attached hydrogen (secondary N) is 1. The summed E-state index contributed by atoms with van der Waals surface area (Å²) in [4.78, 5) is 11.5. The van der Waals surface area contributed by atoms with Crippen molar-refractivity contribution in [1.82, 2.24) is 5.32 Å². The van der Waals surface area contributed by atoms with Gasteiger partial charge in [-0.25, -0.2) is 17.6 Å². The zero-order chi connectivity index (χ0) is 14.6. The van der Waals surface area contributed by atoms with E-state index in [1.165, 1.54) is 0 Å². The standard InChI is InChI=1S/C12H13F4NO2/c1-2-6(18)3-4-17-12(19)7-5-8(13)10(15)11(16)9(7)14/h5-6,18H,2-4H2,1H3,(H,17,19). The third kappa shape index (κ3) is 3.66. The van der Waals surface area contributed by atoms with Crippen LogP contribution in [0.15, 0.2) is 6.07 Å². The predicted molar refractivity (Wildman–Crippen MR) is 59.5 cm³/mol. The normalized spacial score (nSPS) is 12.3. The Bertz CT molecular complexity index is 479. The first kappa shape index (κ1) is 15.4. The maximum absolute atomic E-state index is 13.3. The number of hydrogen-bond acceptors (Lipinski definition) is 2. The second kappa shape index (κ2) is 6.51. The van der Waals surface area contributed by atoms with Crippen molar-refractivity contribution in [2.24, 2.45) is 0 Å². The Hall–Kier alpha value is -1.63. The van der Waals surface area contributed by atoms with Gasteiger partial charge in [0.2, 0.25) is 0 Å². The van der Waals surface area contributed by atoms with E-state index in [1.54, 1.807) is 6.92 Å². The van der Waals surface area contributed by atoms with Crippen molar-refractivity contribution in [3.8, 4) is 0 Å². The minimum Gasteiger partial charge on any atom is -0.393 e. The molecule has 1 atom stereocenters. The molecule has 0 aliphatic heterocycles. The Balaban J connectivity index is 2.78. The molecule has 19 heavy (non-hydrogen) atoms. The van der Waals surface area contributed by atoms with E-state index in [0.29, 0.717) is 12.5 Å². The molecule has 0 saturated carbocycles. The van der Waals surface area contributed by atoms with Crippen molar-refractivity contribution < 1.29 is 27.5 Å². The van der Waals surface area contributed by atoms with Crippen LogP contribution in [0.4, 0.5) is 17.6 Å². The second-order valence-electron chi connectivity index (χ2n) is 3.95. The Morgan fingerprint density at radius 2 is 1.89 bits per heavy atom. The number of hydrogen-bond donors (Lipinski definition) is 2. The third-order valence-electron chi connectivity index (χ3n) is 2.58. The molecule has 0 heterocycles. The SMILES string of the molecule is CCC(O)CCNC(=O)c1cc(F)c(F)c(F)c1F. The monoisotopic (exact) mass is 279 g/mol. The van der Waals surface area contributed by atoms with Crippen LogP contribution in [0, 0.1) is 23.3 Å². The predicted octanol–water partition coefficient (Wildman–Crippen LogP) is 2.13. The van der Waals surface area contributed by atoms with Crippen LogP contribution >= 0.6 is 0 Å². The Labute approximate surface area is 107 Å². The molecule has 1 amide bonds. The highest BCUT2D eigenvalue weighted by Gasteiger charge is 2.22. The third-order valence-corrected chi connectivity index (χ3v) is 2.58. The van der Waals surface area contributed by atoms with E-state index >= 15 is 0 Å². The number of amides is 1. The molecule has 0 bridgehead atoms. The summed E-state index contributed by atoms with van der Waals surface area (Å²) in [6.07, 6.45) is 0.0619. The fraction of sp³-hybridized carbons (Fsp3) is 0.417. The van der Waals surface area contributed by atoms with Crippen LogP contribution < -0.4 is 5.32 Å². The second-order valence-corrected chi connectivity index (χ2v) is 3.95. The van der Waals surface area contributed by atoms with Crippen molar-refractivity contribution in [3.63, 3.8) is 0 Å². The van der Waals surface area contributed by atoms with Crippen molar-refractivity contribution in [2.45, 2.75) is 25.9 Å². The van der Waals surface area contributed by atoms with Crippen molar-refractivity contribution in [1.29, 1.82) is 0 Å². The maximum atomic E-state index is 13.3. The molecule has 106 valence electrons. The number of aliphatic hydroxyl groups is 1. The van der Waals surface area contributed by atoms with Gasteiger partial charge in [0.15, 0.2) is 23.3 Å². The summed E-state index contributed by atoms with van der Waals surface area (Å²) in [5, 5.41) is 11.4. The van der Waals surface area contributed by atoms with Gasteiger partial charge in [-0.2, -0.15) is 0 Å². The van der Waals surface area contributed by atoms with Crippen molar-refractivity contribution in [3.05, 3.63) is 34.9 Å². The summed E-state index contributed by atoms with van der Waals surface area (Å²) in [7, 11) is 0. The molecule has 1 aromatic carbocycles. The lowest BCUT2D eigenvalue weighted by Gasteiger charge is -2.10. The molecule has 3 nitrogen and oxygen atoms in total. The first-order chi connectivity index (χ1) is 8.88. The highest BCUT2D eigenvalue weighted by atomic mass is 19.2. The van der Waals surface area contributed by atoms with E-state index in [1.807, 2.05) is 0 Å². The van der Waals surface area contributed by atoms with Gasteiger partial charge in [0, 0.05) is 6.54 Å². The molecule has 1 unspecified atom stereocenters. The Kier molecular flexibility index (Phi) is 5.29. The van der Waals surface area contributed by atoms with Gasteiger partial charge < -0.3 is 10.4 Å². The lowest BCUT2D eigenvalue weighted by molar-refractivity contribution is 0.0936. The smallest absolute Gasteiger partial charge is 0.254 e. The molecule has 0 fully saturated rings. The summed E-state index contributed by atoms with van der Waals surface area (Å²) in [5.41, 5.74) is -0.914. The van der Waals surface area contributed by atoms with Gasteiger partial charge in [-0.1, -0.05) is 6.92 Å². The molecule has 2 N–H and O–H groups in total. The molecule has 0 aliphatic rings. The van der Waals surface area contributed by atoms with Crippen molar-refractivity contribution in [2.75, 3.05) is 6.54 Å². The summed E-state index contributed by atoms with van der Waals surface area (Å²) < 4.78 is 51.7. The average Bonchev–Trinajstić information content (AvgIpc) is 2.39. The van der Waals surface area contributed by atoms with Gasteiger partial charge in [-0.05, 0) is 18.9 Å². The fourth-order valence-corrected chi connectivity index (χ4v) is 1.39. The van der Waals surface area contributed by atoms with E-state index < -0.39 is 40.8 Å². The van der Waals surface area contributed by atoms with E-state index in [4.69, 9.17) is 0 Å². The highest BCUT2D eigenvalue weighted by Crippen LogP contribution is 2.18. The Morgan fingerprint density at radius 1 is 1.26 bits per heavy atom. The summed E-state index contributed by atoms with van der Waals surface area (Å²) in [6.45, 7) is 1.74. The van der Waals surface area contributed by atoms with Gasteiger partial charge in [0.05, 0.1) is 11.7 Å². The number of aliphatic hydroxyl groups excluding tert-OH is 1. The lowest BCUT2D eigenvalue weighted by atomic mass is 10.1. The van der Waals surface area contributed by atoms with Gasteiger partial charge in [-0.3, -0.25) is 4.79 Å². The molecule has 1 aromatic rings. The molecule has 1 rings (SSSR count). The van der Waals surface area contributed by atoms with Crippen molar-refractivity contribution >= 4 is 5.91 Å². The molecule has 0 aliphatic carbocycles. The minimum atomic E-state index is -2.03. The van der Waals surface area contributed by atoms with Gasteiger partial charge >= 0.3 is 0 Å². The van der Waals surface area contributed by atoms with Crippen LogP contribution in [0.5, 0.6) is 0 Å². The van der Waals surface area contributed by atoms with Gasteiger partial charge in [-0.15, -0.1) is 0 Å². The first-order valence-corrected chi connectivity index (χ1v) is 5.67. The van der Waals surface area contributed by atoms with Crippen LogP contribution in [0.3, 0.4) is 0 Å². The number of halogens is 4. The molecule has 0 radical (unpaired) electrons. The quantitative estimate of drug-likeness (QED) is 0.493. The molecule has 7 heteroatoms. The average molecular weight is 279 g/mol. The largest absolute Gasteiger partial charge is 0.393 e. The van der Waals surface area contributed by atoms with E-state index in [0.717, 1.165) is 0 Å². The maximum Gasteiger partial charge on any atom is 0.254 e. The van der Waals surface area contributed by atoms with Crippen LogP contribution in [-0.4, -0.2) is 23.7 Å². The number of carbonyl (C=O) groups excluding carboxylic acids is 1. The van der Waals surface area contributed by atoms with Gasteiger partial charge in [0.1, 0.15) is 0 Å². The number of carbonyl (C=O) groups is 1. The summed E-state index contributed by atoms with van der Waals surface area (Å²) in [5.74, 6) is -8.45. The van der Waals surface area contributed by atoms with Crippen LogP contribution in [-0.2, 0) is 0 Å². The number of rotatable bonds is 5. The minimum absolute atomic E-state index is 0.00783. The fourth-order valence-electron chi connectivity index (χ4n) is 1.39. The van der Waals surface area contributed by atoms with Crippen LogP contribution in [0.1, 0.15) is 30.1 Å². The topological polar surface area (TPSA) is 49.3 Å². The van der Waals surface area contributed by atoms with E-state index in [9.17, 15) is 27.5 Å². The van der Waals surface area contributed by atoms with E-state index in [2.05, 4.69) is 5.32 Å². The van der Waals surface area contributed by atoms with Crippen LogP contribution in [0.25, 0.3) is 0 Å². The number of benzene rings is 1. The van der Waals surface area contributed by atoms with E-state index in [-0.39, 0.29) is 13.0 Å². The molecule has 0 aromatic heterocycles. The zero-order valence-corrected chi connectivity index (χ0v) is 10.1. The lowest BCUT2D eigenvalue weighted by Crippen LogP contribution is -2.28. The summed E-state index contributed by atoms with van der Waals surface area (Å²) >= 11 is 0.